The number of para-hydroxylation sites is 1. The fourth-order valence-electron chi connectivity index (χ4n) is 4.51. The summed E-state index contributed by atoms with van der Waals surface area (Å²) in [5.74, 6) is -1.37. The number of amides is 2. The summed E-state index contributed by atoms with van der Waals surface area (Å²) in [6.45, 7) is 3.39. The lowest BCUT2D eigenvalue weighted by Crippen LogP contribution is -2.53. The number of carbonyl (C=O) groups excluding carboxylic acids is 3. The smallest absolute Gasteiger partial charge is 0.323 e. The normalized spacial score (nSPS) is 17.8. The van der Waals surface area contributed by atoms with Crippen molar-refractivity contribution in [2.75, 3.05) is 13.1 Å². The second-order valence-corrected chi connectivity index (χ2v) is 11.7. The number of Topliss-reactive ketones (excluding diaryl/α,β-unsaturated/α-hetero) is 1. The number of carbonyl (C=O) groups is 3. The topological polar surface area (TPSA) is 155 Å². The van der Waals surface area contributed by atoms with Crippen molar-refractivity contribution in [1.82, 2.24) is 19.9 Å². The molecular weight excluding hydrogens is 510 g/mol. The molecule has 3 heterocycles. The molecule has 202 valence electrons. The first kappa shape index (κ1) is 27.3. The molecule has 2 amide bonds. The number of H-pyrrole nitrogens is 1. The molecule has 38 heavy (non-hydrogen) atoms. The van der Waals surface area contributed by atoms with Gasteiger partial charge in [0, 0.05) is 29.6 Å². The molecular formula is C26H31N5O6S. The van der Waals surface area contributed by atoms with Crippen molar-refractivity contribution in [3.63, 3.8) is 0 Å². The number of nitrogens with zero attached hydrogens (tertiary/aromatic N) is 2. The lowest BCUT2D eigenvalue weighted by atomic mass is 10.0. The van der Waals surface area contributed by atoms with Gasteiger partial charge in [0.05, 0.1) is 12.6 Å². The number of fused-ring (bicyclic) bond motifs is 1. The molecule has 1 aliphatic rings. The van der Waals surface area contributed by atoms with Gasteiger partial charge in [-0.25, -0.2) is 8.42 Å². The minimum atomic E-state index is -4.20. The van der Waals surface area contributed by atoms with Crippen LogP contribution >= 0.6 is 0 Å². The van der Waals surface area contributed by atoms with Crippen LogP contribution in [0.5, 0.6) is 0 Å². The summed E-state index contributed by atoms with van der Waals surface area (Å²) in [4.78, 5) is 42.2. The van der Waals surface area contributed by atoms with Gasteiger partial charge in [-0.3, -0.25) is 14.4 Å². The van der Waals surface area contributed by atoms with E-state index in [1.807, 2.05) is 38.1 Å². The van der Waals surface area contributed by atoms with Crippen LogP contribution in [0.1, 0.15) is 43.6 Å². The minimum absolute atomic E-state index is 0.0296. The number of sulfonamides is 1. The Bertz CT molecular complexity index is 1420. The van der Waals surface area contributed by atoms with E-state index in [1.54, 1.807) is 6.07 Å². The van der Waals surface area contributed by atoms with Crippen LogP contribution in [0.25, 0.3) is 10.9 Å². The maximum atomic E-state index is 13.2. The first-order valence-electron chi connectivity index (χ1n) is 12.5. The highest BCUT2D eigenvalue weighted by Crippen LogP contribution is 2.18. The molecule has 3 aromatic rings. The zero-order valence-corrected chi connectivity index (χ0v) is 22.0. The Morgan fingerprint density at radius 3 is 2.63 bits per heavy atom. The number of nitrogens with one attached hydrogen (secondary N) is 3. The van der Waals surface area contributed by atoms with E-state index in [-0.39, 0.29) is 23.6 Å². The molecule has 2 atom stereocenters. The van der Waals surface area contributed by atoms with Crippen molar-refractivity contribution < 1.29 is 27.5 Å². The van der Waals surface area contributed by atoms with Crippen molar-refractivity contribution in [2.45, 2.75) is 50.2 Å². The number of aromatic amines is 1. The molecule has 0 bridgehead atoms. The van der Waals surface area contributed by atoms with Crippen molar-refractivity contribution in [3.05, 3.63) is 65.6 Å². The van der Waals surface area contributed by atoms with Gasteiger partial charge in [0.15, 0.2) is 12.0 Å². The van der Waals surface area contributed by atoms with Gasteiger partial charge >= 0.3 is 15.0 Å². The lowest BCUT2D eigenvalue weighted by Gasteiger charge is -2.23. The third-order valence-corrected chi connectivity index (χ3v) is 8.27. The van der Waals surface area contributed by atoms with E-state index in [0.717, 1.165) is 21.4 Å². The van der Waals surface area contributed by atoms with Gasteiger partial charge in [-0.2, -0.15) is 9.04 Å². The molecule has 0 aliphatic carbocycles. The van der Waals surface area contributed by atoms with E-state index < -0.39 is 51.3 Å². The Hall–Kier alpha value is -3.77. The summed E-state index contributed by atoms with van der Waals surface area (Å²) in [7, 11) is -4.20. The van der Waals surface area contributed by atoms with Crippen molar-refractivity contribution >= 4 is 38.5 Å². The molecule has 1 aromatic carbocycles. The van der Waals surface area contributed by atoms with E-state index in [9.17, 15) is 28.0 Å². The molecule has 12 heteroatoms. The van der Waals surface area contributed by atoms with Crippen LogP contribution < -0.4 is 15.4 Å². The standard InChI is InChI=1S/C26H31N5O6S/c1-17(2)14-21(29-26(34)22-15-18-8-3-4-9-19(18)27-22)25(33)28-20-10-7-12-30(16-23(20)32)38(36,37)24-11-5-6-13-31(24)35/h3-6,8-9,11,13,15,17,20-21,27H,7,10,12,14,16H2,1-2H3,(H,28,33)(H,29,34)/t20-,21?/m0/s1. The first-order chi connectivity index (χ1) is 18.1. The number of aromatic nitrogens is 2. The van der Waals surface area contributed by atoms with E-state index in [2.05, 4.69) is 15.6 Å². The average Bonchev–Trinajstić information content (AvgIpc) is 3.22. The van der Waals surface area contributed by atoms with Crippen LogP contribution in [-0.2, 0) is 19.6 Å². The van der Waals surface area contributed by atoms with Gasteiger partial charge in [-0.15, -0.1) is 0 Å². The molecule has 0 radical (unpaired) electrons. The molecule has 4 rings (SSSR count). The SMILES string of the molecule is CC(C)CC(NC(=O)c1cc2ccccc2[nH]1)C(=O)N[C@H]1CCCN(S(=O)(=O)c2cccc[n+]2[O-])CC1=O. The van der Waals surface area contributed by atoms with E-state index >= 15 is 0 Å². The quantitative estimate of drug-likeness (QED) is 0.290. The van der Waals surface area contributed by atoms with E-state index in [4.69, 9.17) is 0 Å². The van der Waals surface area contributed by atoms with E-state index in [0.29, 0.717) is 18.5 Å². The van der Waals surface area contributed by atoms with Crippen LogP contribution in [0, 0.1) is 11.1 Å². The van der Waals surface area contributed by atoms with Gasteiger partial charge in [-0.1, -0.05) is 32.0 Å². The van der Waals surface area contributed by atoms with Crippen LogP contribution in [0.2, 0.25) is 0 Å². The fraction of sp³-hybridized carbons (Fsp3) is 0.385. The number of hydrogen-bond acceptors (Lipinski definition) is 6. The third kappa shape index (κ3) is 6.03. The number of rotatable bonds is 8. The first-order valence-corrected chi connectivity index (χ1v) is 13.9. The summed E-state index contributed by atoms with van der Waals surface area (Å²) >= 11 is 0. The molecule has 11 nitrogen and oxygen atoms in total. The Kier molecular flexibility index (Phi) is 8.12. The fourth-order valence-corrected chi connectivity index (χ4v) is 5.98. The molecule has 1 unspecified atom stereocenters. The number of pyridine rings is 1. The third-order valence-electron chi connectivity index (χ3n) is 6.43. The number of ketones is 1. The second-order valence-electron chi connectivity index (χ2n) is 9.80. The zero-order valence-electron chi connectivity index (χ0n) is 21.2. The summed E-state index contributed by atoms with van der Waals surface area (Å²) in [6.07, 6.45) is 1.95. The molecule has 0 spiro atoms. The molecule has 1 aliphatic heterocycles. The molecule has 2 aromatic heterocycles. The molecule has 0 saturated carbocycles. The summed E-state index contributed by atoms with van der Waals surface area (Å²) in [5.41, 5.74) is 1.11. The highest BCUT2D eigenvalue weighted by Gasteiger charge is 2.37. The second kappa shape index (κ2) is 11.3. The van der Waals surface area contributed by atoms with Crippen molar-refractivity contribution in [2.24, 2.45) is 5.92 Å². The Balaban J connectivity index is 1.45. The summed E-state index contributed by atoms with van der Waals surface area (Å²) in [6, 6.07) is 11.4. The largest absolute Gasteiger partial charge is 0.618 e. The average molecular weight is 542 g/mol. The zero-order chi connectivity index (χ0) is 27.4. The predicted molar refractivity (Wildman–Crippen MR) is 139 cm³/mol. The highest BCUT2D eigenvalue weighted by atomic mass is 32.2. The monoisotopic (exact) mass is 541 g/mol. The summed E-state index contributed by atoms with van der Waals surface area (Å²) in [5, 5.41) is 17.9. The minimum Gasteiger partial charge on any atom is -0.618 e. The van der Waals surface area contributed by atoms with Crippen LogP contribution in [0.3, 0.4) is 0 Å². The van der Waals surface area contributed by atoms with Gasteiger partial charge in [0.1, 0.15) is 11.7 Å². The van der Waals surface area contributed by atoms with Crippen molar-refractivity contribution in [3.8, 4) is 0 Å². The van der Waals surface area contributed by atoms with Crippen LogP contribution in [0.15, 0.2) is 59.8 Å². The van der Waals surface area contributed by atoms with E-state index in [1.165, 1.54) is 18.2 Å². The van der Waals surface area contributed by atoms with Crippen molar-refractivity contribution in [1.29, 1.82) is 0 Å². The lowest BCUT2D eigenvalue weighted by molar-refractivity contribution is -0.646. The van der Waals surface area contributed by atoms with Crippen LogP contribution in [-0.4, -0.2) is 60.5 Å². The van der Waals surface area contributed by atoms with Gasteiger partial charge in [0.2, 0.25) is 5.91 Å². The Labute approximate surface area is 220 Å². The van der Waals surface area contributed by atoms with Gasteiger partial charge in [-0.05, 0) is 43.4 Å². The van der Waals surface area contributed by atoms with Crippen LogP contribution in [0.4, 0.5) is 0 Å². The molecule has 1 saturated heterocycles. The Morgan fingerprint density at radius 1 is 1.18 bits per heavy atom. The summed E-state index contributed by atoms with van der Waals surface area (Å²) < 4.78 is 27.2. The van der Waals surface area contributed by atoms with Gasteiger partial charge < -0.3 is 20.8 Å². The number of benzene rings is 1. The maximum Gasteiger partial charge on any atom is 0.323 e. The number of hydrogen-bond donors (Lipinski definition) is 3. The van der Waals surface area contributed by atoms with Gasteiger partial charge in [0.25, 0.3) is 5.91 Å². The molecule has 3 N–H and O–H groups in total. The predicted octanol–water partition coefficient (Wildman–Crippen LogP) is 1.48. The highest BCUT2D eigenvalue weighted by molar-refractivity contribution is 7.89. The molecule has 1 fully saturated rings. The maximum absolute atomic E-state index is 13.2. The Morgan fingerprint density at radius 2 is 1.92 bits per heavy atom.